The SMILES string of the molecule is CN(C(=S)NC(=O)c1sc2ccccc2c1Cl)c1ccccc1C(=O)NCc1ccccc1. The van der Waals surface area contributed by atoms with E-state index in [9.17, 15) is 9.59 Å². The number of hydrogen-bond donors (Lipinski definition) is 2. The van der Waals surface area contributed by atoms with E-state index in [0.717, 1.165) is 15.6 Å². The van der Waals surface area contributed by atoms with Crippen molar-refractivity contribution in [3.8, 4) is 0 Å². The molecule has 0 atom stereocenters. The molecule has 2 N–H and O–H groups in total. The first kappa shape index (κ1) is 22.9. The third-order valence-electron chi connectivity index (χ3n) is 5.07. The minimum absolute atomic E-state index is 0.164. The molecule has 0 unspecified atom stereocenters. The number of amides is 2. The largest absolute Gasteiger partial charge is 0.348 e. The molecule has 0 aliphatic carbocycles. The number of anilines is 1. The number of hydrogen-bond acceptors (Lipinski definition) is 4. The fraction of sp³-hybridized carbons (Fsp3) is 0.0800. The van der Waals surface area contributed by atoms with Gasteiger partial charge < -0.3 is 10.2 Å². The van der Waals surface area contributed by atoms with Crippen LogP contribution in [-0.2, 0) is 6.54 Å². The lowest BCUT2D eigenvalue weighted by Crippen LogP contribution is -2.41. The van der Waals surface area contributed by atoms with Crippen molar-refractivity contribution in [3.05, 3.63) is 99.9 Å². The highest BCUT2D eigenvalue weighted by molar-refractivity contribution is 7.80. The summed E-state index contributed by atoms with van der Waals surface area (Å²) in [7, 11) is 1.71. The van der Waals surface area contributed by atoms with Gasteiger partial charge in [0.15, 0.2) is 5.11 Å². The molecule has 5 nitrogen and oxygen atoms in total. The van der Waals surface area contributed by atoms with Crippen molar-refractivity contribution in [3.63, 3.8) is 0 Å². The first-order valence-corrected chi connectivity index (χ1v) is 11.7. The van der Waals surface area contributed by atoms with Crippen molar-refractivity contribution >= 4 is 67.9 Å². The number of nitrogens with one attached hydrogen (secondary N) is 2. The van der Waals surface area contributed by atoms with E-state index < -0.39 is 0 Å². The third-order valence-corrected chi connectivity index (χ3v) is 7.12. The summed E-state index contributed by atoms with van der Waals surface area (Å²) in [5.74, 6) is -0.618. The van der Waals surface area contributed by atoms with Gasteiger partial charge in [-0.1, -0.05) is 72.3 Å². The number of thiophene rings is 1. The summed E-state index contributed by atoms with van der Waals surface area (Å²) in [5, 5.41) is 7.05. The average Bonchev–Trinajstić information content (AvgIpc) is 3.19. The minimum Gasteiger partial charge on any atom is -0.348 e. The van der Waals surface area contributed by atoms with Crippen LogP contribution < -0.4 is 15.5 Å². The zero-order valence-electron chi connectivity index (χ0n) is 17.7. The van der Waals surface area contributed by atoms with Crippen molar-refractivity contribution in [2.75, 3.05) is 11.9 Å². The lowest BCUT2D eigenvalue weighted by atomic mass is 10.1. The molecule has 0 bridgehead atoms. The van der Waals surface area contributed by atoms with Crippen LogP contribution in [0.25, 0.3) is 10.1 Å². The van der Waals surface area contributed by atoms with Gasteiger partial charge in [-0.05, 0) is 36.0 Å². The summed E-state index contributed by atoms with van der Waals surface area (Å²) < 4.78 is 0.923. The van der Waals surface area contributed by atoms with E-state index in [0.29, 0.717) is 27.7 Å². The molecular weight excluding hydrogens is 474 g/mol. The monoisotopic (exact) mass is 493 g/mol. The van der Waals surface area contributed by atoms with Gasteiger partial charge in [-0.25, -0.2) is 0 Å². The average molecular weight is 494 g/mol. The minimum atomic E-state index is -0.385. The Morgan fingerprint density at radius 2 is 1.61 bits per heavy atom. The molecule has 1 heterocycles. The van der Waals surface area contributed by atoms with Crippen molar-refractivity contribution in [1.29, 1.82) is 0 Å². The number of nitrogens with zero attached hydrogens (tertiary/aromatic N) is 1. The van der Waals surface area contributed by atoms with Gasteiger partial charge in [-0.3, -0.25) is 14.9 Å². The summed E-state index contributed by atoms with van der Waals surface area (Å²) in [4.78, 5) is 27.7. The first-order chi connectivity index (χ1) is 16.0. The molecule has 4 aromatic rings. The third kappa shape index (κ3) is 5.06. The maximum Gasteiger partial charge on any atom is 0.269 e. The van der Waals surface area contributed by atoms with Crippen LogP contribution in [0.5, 0.6) is 0 Å². The van der Waals surface area contributed by atoms with Crippen LogP contribution in [0.1, 0.15) is 25.6 Å². The van der Waals surface area contributed by atoms with E-state index in [1.165, 1.54) is 11.3 Å². The smallest absolute Gasteiger partial charge is 0.269 e. The second-order valence-corrected chi connectivity index (χ2v) is 9.06. The Bertz CT molecular complexity index is 1340. The van der Waals surface area contributed by atoms with Crippen molar-refractivity contribution in [1.82, 2.24) is 10.6 Å². The molecule has 0 aliphatic heterocycles. The number of thiocarbonyl (C=S) groups is 1. The Hall–Kier alpha value is -3.26. The highest BCUT2D eigenvalue weighted by Gasteiger charge is 2.21. The summed E-state index contributed by atoms with van der Waals surface area (Å²) in [6, 6.07) is 24.3. The normalized spacial score (nSPS) is 10.6. The molecule has 0 saturated carbocycles. The second-order valence-electron chi connectivity index (χ2n) is 7.25. The fourth-order valence-corrected chi connectivity index (χ4v) is 4.94. The first-order valence-electron chi connectivity index (χ1n) is 10.1. The fourth-order valence-electron chi connectivity index (χ4n) is 3.34. The van der Waals surface area contributed by atoms with Gasteiger partial charge in [-0.2, -0.15) is 0 Å². The predicted octanol–water partition coefficient (Wildman–Crippen LogP) is 5.64. The number of rotatable bonds is 5. The Kier molecular flexibility index (Phi) is 7.03. The van der Waals surface area contributed by atoms with Crippen molar-refractivity contribution < 1.29 is 9.59 Å². The topological polar surface area (TPSA) is 61.4 Å². The van der Waals surface area contributed by atoms with Gasteiger partial charge in [0.1, 0.15) is 4.88 Å². The molecular formula is C25H20ClN3O2S2. The lowest BCUT2D eigenvalue weighted by molar-refractivity contribution is 0.0950. The van der Waals surface area contributed by atoms with E-state index >= 15 is 0 Å². The highest BCUT2D eigenvalue weighted by atomic mass is 35.5. The molecule has 2 amide bonds. The van der Waals surface area contributed by atoms with Crippen LogP contribution in [0, 0.1) is 0 Å². The molecule has 0 saturated heterocycles. The Morgan fingerprint density at radius 1 is 0.939 bits per heavy atom. The molecule has 0 spiro atoms. The van der Waals surface area contributed by atoms with Crippen LogP contribution in [0.15, 0.2) is 78.9 Å². The second kappa shape index (κ2) is 10.1. The van der Waals surface area contributed by atoms with Gasteiger partial charge in [-0.15, -0.1) is 11.3 Å². The van der Waals surface area contributed by atoms with Crippen LogP contribution in [0.4, 0.5) is 5.69 Å². The van der Waals surface area contributed by atoms with Crippen LogP contribution in [0.3, 0.4) is 0 Å². The molecule has 33 heavy (non-hydrogen) atoms. The summed E-state index contributed by atoms with van der Waals surface area (Å²) in [5.41, 5.74) is 2.03. The van der Waals surface area contributed by atoms with Gasteiger partial charge in [0.25, 0.3) is 11.8 Å². The van der Waals surface area contributed by atoms with Gasteiger partial charge in [0.2, 0.25) is 0 Å². The standard InChI is InChI=1S/C25H20ClN3O2S2/c1-29(25(32)28-24(31)22-21(26)18-12-6-8-14-20(18)33-22)19-13-7-5-11-17(19)23(30)27-15-16-9-3-2-4-10-16/h2-14H,15H2,1H3,(H,27,30)(H,28,31,32). The molecule has 1 aromatic heterocycles. The maximum atomic E-state index is 12.9. The van der Waals surface area contributed by atoms with Gasteiger partial charge in [0, 0.05) is 23.7 Å². The number of para-hydroxylation sites is 1. The number of carbonyl (C=O) groups excluding carboxylic acids is 2. The van der Waals surface area contributed by atoms with Crippen LogP contribution in [-0.4, -0.2) is 24.0 Å². The molecule has 0 fully saturated rings. The van der Waals surface area contributed by atoms with Gasteiger partial charge in [0.05, 0.1) is 16.3 Å². The Balaban J connectivity index is 1.48. The summed E-state index contributed by atoms with van der Waals surface area (Å²) in [6.07, 6.45) is 0. The molecule has 0 radical (unpaired) electrons. The quantitative estimate of drug-likeness (QED) is 0.353. The van der Waals surface area contributed by atoms with E-state index in [1.807, 2.05) is 60.7 Å². The van der Waals surface area contributed by atoms with E-state index in [2.05, 4.69) is 10.6 Å². The maximum absolute atomic E-state index is 12.9. The molecule has 166 valence electrons. The van der Waals surface area contributed by atoms with Gasteiger partial charge >= 0.3 is 0 Å². The van der Waals surface area contributed by atoms with E-state index in [-0.39, 0.29) is 16.9 Å². The summed E-state index contributed by atoms with van der Waals surface area (Å²) >= 11 is 13.2. The number of halogens is 1. The van der Waals surface area contributed by atoms with E-state index in [4.69, 9.17) is 23.8 Å². The number of benzene rings is 3. The highest BCUT2D eigenvalue weighted by Crippen LogP contribution is 2.35. The molecule has 3 aromatic carbocycles. The lowest BCUT2D eigenvalue weighted by Gasteiger charge is -2.23. The van der Waals surface area contributed by atoms with E-state index in [1.54, 1.807) is 30.1 Å². The molecule has 4 rings (SSSR count). The van der Waals surface area contributed by atoms with Crippen molar-refractivity contribution in [2.45, 2.75) is 6.54 Å². The summed E-state index contributed by atoms with van der Waals surface area (Å²) in [6.45, 7) is 0.406. The molecule has 8 heteroatoms. The molecule has 0 aliphatic rings. The van der Waals surface area contributed by atoms with Crippen LogP contribution in [0.2, 0.25) is 5.02 Å². The number of fused-ring (bicyclic) bond motifs is 1. The zero-order valence-corrected chi connectivity index (χ0v) is 20.1. The Labute approximate surface area is 206 Å². The van der Waals surface area contributed by atoms with Crippen molar-refractivity contribution in [2.24, 2.45) is 0 Å². The van der Waals surface area contributed by atoms with Crippen LogP contribution >= 0.6 is 35.2 Å². The number of carbonyl (C=O) groups is 2. The Morgan fingerprint density at radius 3 is 2.36 bits per heavy atom. The predicted molar refractivity (Wildman–Crippen MR) is 139 cm³/mol. The zero-order chi connectivity index (χ0) is 23.4.